The smallest absolute Gasteiger partial charge is 0.180 e. The summed E-state index contributed by atoms with van der Waals surface area (Å²) in [6.07, 6.45) is 0.364. The quantitative estimate of drug-likeness (QED) is 0.552. The number of benzene rings is 1. The summed E-state index contributed by atoms with van der Waals surface area (Å²) in [5.41, 5.74) is 1.30. The van der Waals surface area contributed by atoms with Crippen molar-refractivity contribution in [3.05, 3.63) is 36.0 Å². The van der Waals surface area contributed by atoms with Crippen LogP contribution in [0.5, 0.6) is 0 Å². The van der Waals surface area contributed by atoms with Gasteiger partial charge in [-0.25, -0.2) is 0 Å². The summed E-state index contributed by atoms with van der Waals surface area (Å²) in [6.45, 7) is 0. The maximum absolute atomic E-state index is 8.98. The van der Waals surface area contributed by atoms with Crippen molar-refractivity contribution in [1.29, 1.82) is 0 Å². The highest BCUT2D eigenvalue weighted by Gasteiger charge is 2.06. The molecule has 0 saturated carbocycles. The van der Waals surface area contributed by atoms with Crippen LogP contribution in [-0.2, 0) is 0 Å². The molecule has 1 aromatic heterocycles. The van der Waals surface area contributed by atoms with Gasteiger partial charge in [0.25, 0.3) is 0 Å². The van der Waals surface area contributed by atoms with E-state index in [-0.39, 0.29) is 0 Å². The van der Waals surface area contributed by atoms with Crippen molar-refractivity contribution in [2.75, 3.05) is 0 Å². The molecular weight excluding hydrogens is 154 g/mol. The molecule has 0 unspecified atom stereocenters. The van der Waals surface area contributed by atoms with E-state index in [0.29, 0.717) is 5.56 Å². The zero-order valence-corrected chi connectivity index (χ0v) is 6.36. The van der Waals surface area contributed by atoms with Crippen molar-refractivity contribution >= 4 is 10.9 Å². The van der Waals surface area contributed by atoms with Crippen LogP contribution in [0.2, 0.25) is 0 Å². The Morgan fingerprint density at radius 1 is 1.17 bits per heavy atom. The number of H-pyrrole nitrogens is 1. The Bertz CT molecular complexity index is 392. The number of aliphatic hydroxyl groups is 2. The monoisotopic (exact) mass is 163 g/mol. The van der Waals surface area contributed by atoms with Crippen LogP contribution in [0, 0.1) is 0 Å². The van der Waals surface area contributed by atoms with Gasteiger partial charge in [0.15, 0.2) is 6.29 Å². The third kappa shape index (κ3) is 0.995. The van der Waals surface area contributed by atoms with Gasteiger partial charge in [-0.1, -0.05) is 18.2 Å². The molecule has 0 bridgehead atoms. The fraction of sp³-hybridized carbons (Fsp3) is 0.111. The lowest BCUT2D eigenvalue weighted by Gasteiger charge is -2.04. The predicted molar refractivity (Wildman–Crippen MR) is 45.5 cm³/mol. The van der Waals surface area contributed by atoms with E-state index in [2.05, 4.69) is 4.98 Å². The van der Waals surface area contributed by atoms with Gasteiger partial charge in [-0.3, -0.25) is 0 Å². The van der Waals surface area contributed by atoms with E-state index in [1.54, 1.807) is 18.3 Å². The van der Waals surface area contributed by atoms with Crippen molar-refractivity contribution in [3.8, 4) is 0 Å². The Morgan fingerprint density at radius 3 is 2.75 bits per heavy atom. The van der Waals surface area contributed by atoms with Crippen LogP contribution in [0.4, 0.5) is 0 Å². The first-order valence-corrected chi connectivity index (χ1v) is 3.71. The first kappa shape index (κ1) is 7.34. The fourth-order valence-corrected chi connectivity index (χ4v) is 1.32. The van der Waals surface area contributed by atoms with E-state index < -0.39 is 6.29 Å². The van der Waals surface area contributed by atoms with E-state index in [9.17, 15) is 0 Å². The first-order chi connectivity index (χ1) is 5.79. The largest absolute Gasteiger partial charge is 0.364 e. The van der Waals surface area contributed by atoms with Crippen LogP contribution < -0.4 is 0 Å². The maximum atomic E-state index is 8.98. The van der Waals surface area contributed by atoms with Crippen molar-refractivity contribution in [1.82, 2.24) is 4.98 Å². The van der Waals surface area contributed by atoms with E-state index in [0.717, 1.165) is 10.9 Å². The predicted octanol–water partition coefficient (Wildman–Crippen LogP) is 1.15. The summed E-state index contributed by atoms with van der Waals surface area (Å²) < 4.78 is 0. The van der Waals surface area contributed by atoms with Crippen molar-refractivity contribution in [2.24, 2.45) is 0 Å². The number of nitrogens with one attached hydrogen (secondary N) is 1. The van der Waals surface area contributed by atoms with Gasteiger partial charge in [-0.2, -0.15) is 0 Å². The zero-order valence-electron chi connectivity index (χ0n) is 6.36. The molecule has 3 heteroatoms. The molecule has 2 aromatic rings. The van der Waals surface area contributed by atoms with Crippen LogP contribution in [-0.4, -0.2) is 15.2 Å². The van der Waals surface area contributed by atoms with E-state index in [4.69, 9.17) is 10.2 Å². The Labute approximate surface area is 69.3 Å². The summed E-state index contributed by atoms with van der Waals surface area (Å²) in [7, 11) is 0. The Hall–Kier alpha value is -1.32. The maximum Gasteiger partial charge on any atom is 0.180 e. The fourth-order valence-electron chi connectivity index (χ4n) is 1.32. The highest BCUT2D eigenvalue weighted by molar-refractivity contribution is 5.82. The third-order valence-electron chi connectivity index (χ3n) is 1.90. The van der Waals surface area contributed by atoms with Crippen LogP contribution in [0.3, 0.4) is 0 Å². The second-order valence-corrected chi connectivity index (χ2v) is 2.66. The van der Waals surface area contributed by atoms with Gasteiger partial charge in [-0.05, 0) is 11.5 Å². The molecule has 0 spiro atoms. The number of aromatic amines is 1. The zero-order chi connectivity index (χ0) is 8.55. The van der Waals surface area contributed by atoms with Gasteiger partial charge in [0.1, 0.15) is 0 Å². The lowest BCUT2D eigenvalue weighted by molar-refractivity contribution is -0.0414. The minimum atomic E-state index is -1.41. The van der Waals surface area contributed by atoms with Gasteiger partial charge in [0.2, 0.25) is 0 Å². The molecule has 1 heterocycles. The molecule has 0 aliphatic heterocycles. The molecule has 0 radical (unpaired) electrons. The number of aliphatic hydroxyl groups excluding tert-OH is 1. The number of hydrogen-bond acceptors (Lipinski definition) is 2. The van der Waals surface area contributed by atoms with Crippen LogP contribution in [0.15, 0.2) is 30.5 Å². The Kier molecular flexibility index (Phi) is 1.60. The standard InChI is InChI=1S/C9H9NO2/c11-9(12)7-3-1-2-6-4-5-10-8(6)7/h1-5,9-12H. The number of fused-ring (bicyclic) bond motifs is 1. The molecule has 2 rings (SSSR count). The summed E-state index contributed by atoms with van der Waals surface area (Å²) >= 11 is 0. The number of aromatic nitrogens is 1. The van der Waals surface area contributed by atoms with Crippen molar-refractivity contribution in [2.45, 2.75) is 6.29 Å². The molecule has 1 aromatic carbocycles. The molecular formula is C9H9NO2. The third-order valence-corrected chi connectivity index (χ3v) is 1.90. The van der Waals surface area contributed by atoms with E-state index >= 15 is 0 Å². The molecule has 62 valence electrons. The normalized spacial score (nSPS) is 11.2. The van der Waals surface area contributed by atoms with Gasteiger partial charge < -0.3 is 15.2 Å². The lowest BCUT2D eigenvalue weighted by Crippen LogP contribution is -1.95. The average molecular weight is 163 g/mol. The average Bonchev–Trinajstić information content (AvgIpc) is 2.49. The number of rotatable bonds is 1. The molecule has 0 aliphatic carbocycles. The molecule has 0 fully saturated rings. The van der Waals surface area contributed by atoms with Crippen LogP contribution in [0.1, 0.15) is 11.9 Å². The van der Waals surface area contributed by atoms with Gasteiger partial charge >= 0.3 is 0 Å². The topological polar surface area (TPSA) is 56.2 Å². The van der Waals surface area contributed by atoms with Crippen molar-refractivity contribution in [3.63, 3.8) is 0 Å². The Morgan fingerprint density at radius 2 is 2.00 bits per heavy atom. The minimum absolute atomic E-state index is 0.512. The van der Waals surface area contributed by atoms with Crippen molar-refractivity contribution < 1.29 is 10.2 Å². The Balaban J connectivity index is 2.73. The SMILES string of the molecule is OC(O)c1cccc2cc[nH]c12. The summed E-state index contributed by atoms with van der Waals surface area (Å²) in [5.74, 6) is 0. The van der Waals surface area contributed by atoms with E-state index in [1.807, 2.05) is 12.1 Å². The first-order valence-electron chi connectivity index (χ1n) is 3.71. The van der Waals surface area contributed by atoms with Gasteiger partial charge in [-0.15, -0.1) is 0 Å². The second kappa shape index (κ2) is 2.62. The molecule has 3 N–H and O–H groups in total. The number of para-hydroxylation sites is 1. The van der Waals surface area contributed by atoms with Crippen LogP contribution in [0.25, 0.3) is 10.9 Å². The summed E-state index contributed by atoms with van der Waals surface area (Å²) in [6, 6.07) is 7.29. The molecule has 0 saturated heterocycles. The van der Waals surface area contributed by atoms with Crippen LogP contribution >= 0.6 is 0 Å². The lowest BCUT2D eigenvalue weighted by atomic mass is 10.1. The van der Waals surface area contributed by atoms with Gasteiger partial charge in [0.05, 0.1) is 5.52 Å². The molecule has 0 amide bonds. The summed E-state index contributed by atoms with van der Waals surface area (Å²) in [5, 5.41) is 18.9. The highest BCUT2D eigenvalue weighted by atomic mass is 16.5. The molecule has 0 aliphatic rings. The number of hydrogen-bond donors (Lipinski definition) is 3. The summed E-state index contributed by atoms with van der Waals surface area (Å²) in [4.78, 5) is 2.95. The highest BCUT2D eigenvalue weighted by Crippen LogP contribution is 2.20. The molecule has 0 atom stereocenters. The second-order valence-electron chi connectivity index (χ2n) is 2.66. The molecule has 3 nitrogen and oxygen atoms in total. The molecule has 12 heavy (non-hydrogen) atoms. The van der Waals surface area contributed by atoms with E-state index in [1.165, 1.54) is 0 Å². The minimum Gasteiger partial charge on any atom is -0.364 e. The van der Waals surface area contributed by atoms with Gasteiger partial charge in [0, 0.05) is 11.8 Å².